The van der Waals surface area contributed by atoms with Crippen LogP contribution in [0.15, 0.2) is 66.7 Å². The van der Waals surface area contributed by atoms with Crippen molar-refractivity contribution in [3.05, 3.63) is 104 Å². The summed E-state index contributed by atoms with van der Waals surface area (Å²) in [5.41, 5.74) is -0.348. The molecule has 11 heteroatoms. The number of nitrogens with zero attached hydrogens (tertiary/aromatic N) is 2. The number of carbonyl (C=O) groups is 2. The highest BCUT2D eigenvalue weighted by atomic mass is 35.5. The van der Waals surface area contributed by atoms with Crippen molar-refractivity contribution in [2.24, 2.45) is 0 Å². The Labute approximate surface area is 212 Å². The van der Waals surface area contributed by atoms with Crippen LogP contribution in [0.3, 0.4) is 0 Å². The van der Waals surface area contributed by atoms with Crippen molar-refractivity contribution in [1.82, 2.24) is 0 Å². The molecule has 3 aromatic carbocycles. The Balaban J connectivity index is 1.62. The van der Waals surface area contributed by atoms with Gasteiger partial charge in [-0.05, 0) is 35.9 Å². The number of ketones is 1. The Morgan fingerprint density at radius 1 is 1.08 bits per heavy atom. The second kappa shape index (κ2) is 8.63. The number of nitro groups is 1. The van der Waals surface area contributed by atoms with E-state index < -0.39 is 38.9 Å². The maximum absolute atomic E-state index is 14.1. The SMILES string of the molecule is O=C1CS[C@]2(C(=O)N(Cc3ccc(C(F)(F)F)cc3[N+](=O)[O-])c3ccccc32)[C@@H]1c1cccc(Cl)c1. The number of hydrogen-bond acceptors (Lipinski definition) is 5. The first-order chi connectivity index (χ1) is 17.0. The summed E-state index contributed by atoms with van der Waals surface area (Å²) in [6, 6.07) is 15.8. The summed E-state index contributed by atoms with van der Waals surface area (Å²) in [6.45, 7) is -0.330. The van der Waals surface area contributed by atoms with Gasteiger partial charge in [-0.25, -0.2) is 0 Å². The topological polar surface area (TPSA) is 80.5 Å². The minimum atomic E-state index is -4.76. The predicted molar refractivity (Wildman–Crippen MR) is 129 cm³/mol. The van der Waals surface area contributed by atoms with Gasteiger partial charge in [0, 0.05) is 27.9 Å². The van der Waals surface area contributed by atoms with Crippen LogP contribution in [0.5, 0.6) is 0 Å². The van der Waals surface area contributed by atoms with E-state index in [1.165, 1.54) is 16.7 Å². The van der Waals surface area contributed by atoms with Crippen LogP contribution in [0, 0.1) is 10.1 Å². The number of nitro benzene ring substituents is 1. The maximum atomic E-state index is 14.1. The molecule has 3 aromatic rings. The zero-order chi connectivity index (χ0) is 25.8. The van der Waals surface area contributed by atoms with E-state index in [-0.39, 0.29) is 23.6 Å². The van der Waals surface area contributed by atoms with Gasteiger partial charge in [-0.2, -0.15) is 13.2 Å². The van der Waals surface area contributed by atoms with Gasteiger partial charge in [0.05, 0.1) is 28.7 Å². The number of fused-ring (bicyclic) bond motifs is 2. The summed E-state index contributed by atoms with van der Waals surface area (Å²) < 4.78 is 38.2. The van der Waals surface area contributed by atoms with Crippen molar-refractivity contribution in [3.63, 3.8) is 0 Å². The minimum Gasteiger partial charge on any atom is -0.306 e. The molecule has 0 radical (unpaired) electrons. The Morgan fingerprint density at radius 2 is 1.83 bits per heavy atom. The molecule has 36 heavy (non-hydrogen) atoms. The third kappa shape index (κ3) is 3.75. The van der Waals surface area contributed by atoms with E-state index in [4.69, 9.17) is 11.6 Å². The lowest BCUT2D eigenvalue weighted by Crippen LogP contribution is -2.41. The Bertz CT molecular complexity index is 1430. The molecule has 1 saturated heterocycles. The smallest absolute Gasteiger partial charge is 0.306 e. The number of thioether (sulfide) groups is 1. The van der Waals surface area contributed by atoms with Gasteiger partial charge < -0.3 is 4.90 Å². The molecule has 0 aromatic heterocycles. The van der Waals surface area contributed by atoms with E-state index in [0.717, 1.165) is 12.1 Å². The Hall–Kier alpha value is -3.37. The van der Waals surface area contributed by atoms with Crippen molar-refractivity contribution in [2.75, 3.05) is 10.7 Å². The van der Waals surface area contributed by atoms with E-state index in [1.54, 1.807) is 48.5 Å². The Kier molecular flexibility index (Phi) is 5.83. The minimum absolute atomic E-state index is 0.0539. The number of halogens is 4. The molecule has 6 nitrogen and oxygen atoms in total. The van der Waals surface area contributed by atoms with Crippen LogP contribution < -0.4 is 4.90 Å². The monoisotopic (exact) mass is 532 g/mol. The number of benzene rings is 3. The van der Waals surface area contributed by atoms with Crippen LogP contribution in [0.4, 0.5) is 24.5 Å². The highest BCUT2D eigenvalue weighted by Crippen LogP contribution is 2.60. The molecule has 0 unspecified atom stereocenters. The molecule has 1 fully saturated rings. The number of Topliss-reactive ketones (excluding diaryl/α,β-unsaturated/α-hetero) is 1. The fourth-order valence-electron chi connectivity index (χ4n) is 4.92. The fourth-order valence-corrected chi connectivity index (χ4v) is 6.65. The summed E-state index contributed by atoms with van der Waals surface area (Å²) >= 11 is 7.36. The second-order valence-corrected chi connectivity index (χ2v) is 10.1. The van der Waals surface area contributed by atoms with Crippen molar-refractivity contribution in [3.8, 4) is 0 Å². The molecule has 2 aliphatic rings. The molecule has 5 rings (SSSR count). The van der Waals surface area contributed by atoms with Gasteiger partial charge in [-0.3, -0.25) is 19.7 Å². The van der Waals surface area contributed by atoms with Gasteiger partial charge in [-0.15, -0.1) is 11.8 Å². The molecule has 0 N–H and O–H groups in total. The quantitative estimate of drug-likeness (QED) is 0.299. The largest absolute Gasteiger partial charge is 0.416 e. The van der Waals surface area contributed by atoms with Gasteiger partial charge in [-0.1, -0.05) is 41.9 Å². The summed E-state index contributed by atoms with van der Waals surface area (Å²) in [6.07, 6.45) is -4.76. The van der Waals surface area contributed by atoms with Crippen molar-refractivity contribution >= 4 is 46.4 Å². The van der Waals surface area contributed by atoms with E-state index >= 15 is 0 Å². The standard InChI is InChI=1S/C25H16ClF3N2O4S/c26-17-5-3-4-14(10-17)22-21(32)13-36-24(22)18-6-1-2-7-19(18)30(23(24)33)12-15-8-9-16(25(27,28)29)11-20(15)31(34)35/h1-11,22H,12-13H2/t22-,24+/m1/s1. The van der Waals surface area contributed by atoms with Gasteiger partial charge in [0.25, 0.3) is 5.69 Å². The van der Waals surface area contributed by atoms with Crippen LogP contribution in [0.25, 0.3) is 0 Å². The molecule has 2 atom stereocenters. The molecule has 1 amide bonds. The van der Waals surface area contributed by atoms with E-state index in [2.05, 4.69) is 0 Å². The molecule has 2 heterocycles. The van der Waals surface area contributed by atoms with Crippen molar-refractivity contribution in [2.45, 2.75) is 23.4 Å². The Morgan fingerprint density at radius 3 is 2.53 bits per heavy atom. The number of anilines is 1. The van der Waals surface area contributed by atoms with Gasteiger partial charge in [0.1, 0.15) is 4.75 Å². The lowest BCUT2D eigenvalue weighted by Gasteiger charge is -2.29. The zero-order valence-electron chi connectivity index (χ0n) is 18.3. The van der Waals surface area contributed by atoms with Gasteiger partial charge in [0.2, 0.25) is 5.91 Å². The molecular formula is C25H16ClF3N2O4S. The molecule has 184 valence electrons. The number of alkyl halides is 3. The van der Waals surface area contributed by atoms with E-state index in [0.29, 0.717) is 27.9 Å². The highest BCUT2D eigenvalue weighted by molar-refractivity contribution is 8.02. The van der Waals surface area contributed by atoms with E-state index in [9.17, 15) is 32.9 Å². The third-order valence-electron chi connectivity index (χ3n) is 6.45. The summed E-state index contributed by atoms with van der Waals surface area (Å²) in [7, 11) is 0. The third-order valence-corrected chi connectivity index (χ3v) is 8.20. The van der Waals surface area contributed by atoms with Crippen LogP contribution in [0.2, 0.25) is 5.02 Å². The maximum Gasteiger partial charge on any atom is 0.416 e. The summed E-state index contributed by atoms with van der Waals surface area (Å²) in [4.78, 5) is 39.3. The van der Waals surface area contributed by atoms with Crippen LogP contribution in [-0.2, 0) is 27.1 Å². The first kappa shape index (κ1) is 24.3. The summed E-state index contributed by atoms with van der Waals surface area (Å²) in [5.74, 6) is -1.39. The molecule has 0 saturated carbocycles. The number of amides is 1. The van der Waals surface area contributed by atoms with Crippen LogP contribution >= 0.6 is 23.4 Å². The lowest BCUT2D eigenvalue weighted by molar-refractivity contribution is -0.385. The summed E-state index contributed by atoms with van der Waals surface area (Å²) in [5, 5.41) is 12.0. The lowest BCUT2D eigenvalue weighted by atomic mass is 9.79. The van der Waals surface area contributed by atoms with Crippen molar-refractivity contribution < 1.29 is 27.7 Å². The zero-order valence-corrected chi connectivity index (χ0v) is 19.9. The normalized spacial score (nSPS) is 21.3. The molecule has 0 aliphatic carbocycles. The number of hydrogen-bond donors (Lipinski definition) is 0. The number of para-hydroxylation sites is 1. The average molecular weight is 533 g/mol. The average Bonchev–Trinajstić information content (AvgIpc) is 3.29. The number of carbonyl (C=O) groups excluding carboxylic acids is 2. The van der Waals surface area contributed by atoms with E-state index in [1.807, 2.05) is 0 Å². The molecule has 0 bridgehead atoms. The first-order valence-electron chi connectivity index (χ1n) is 10.7. The van der Waals surface area contributed by atoms with Gasteiger partial charge >= 0.3 is 6.18 Å². The second-order valence-electron chi connectivity index (χ2n) is 8.49. The number of rotatable bonds is 4. The predicted octanol–water partition coefficient (Wildman–Crippen LogP) is 6.11. The van der Waals surface area contributed by atoms with Crippen LogP contribution in [-0.4, -0.2) is 22.4 Å². The molecule has 2 aliphatic heterocycles. The van der Waals surface area contributed by atoms with Crippen molar-refractivity contribution in [1.29, 1.82) is 0 Å². The highest BCUT2D eigenvalue weighted by Gasteiger charge is 2.62. The fraction of sp³-hybridized carbons (Fsp3) is 0.200. The first-order valence-corrected chi connectivity index (χ1v) is 12.1. The molecule has 1 spiro atoms. The van der Waals surface area contributed by atoms with Crippen LogP contribution in [0.1, 0.15) is 28.2 Å². The molecular weight excluding hydrogens is 517 g/mol. The van der Waals surface area contributed by atoms with Gasteiger partial charge in [0.15, 0.2) is 5.78 Å².